The van der Waals surface area contributed by atoms with Crippen LogP contribution in [0.3, 0.4) is 0 Å². The van der Waals surface area contributed by atoms with E-state index in [1.54, 1.807) is 0 Å². The van der Waals surface area contributed by atoms with Crippen LogP contribution >= 0.6 is 0 Å². The largest absolute Gasteiger partial charge is 0.481 e. The number of carboxylic acids is 2. The molecule has 2 N–H and O–H groups in total. The first kappa shape index (κ1) is 38.5. The molecule has 11 nitrogen and oxygen atoms in total. The van der Waals surface area contributed by atoms with E-state index in [-0.39, 0.29) is 43.1 Å². The number of nitrogens with zero attached hydrogens (tertiary/aromatic N) is 2. The molecule has 0 rings (SSSR count). The third kappa shape index (κ3) is 20.9. The molecule has 0 aliphatic heterocycles. The molecule has 0 aliphatic rings. The number of Topliss-reactive ketones (excluding diaryl/α,β-unsaturated/α-hetero) is 1. The second-order valence-corrected chi connectivity index (χ2v) is 13.0. The van der Waals surface area contributed by atoms with E-state index in [4.69, 9.17) is 14.6 Å². The second-order valence-electron chi connectivity index (χ2n) is 13.0. The van der Waals surface area contributed by atoms with Crippen LogP contribution in [-0.4, -0.2) is 116 Å². The Morgan fingerprint density at radius 1 is 0.634 bits per heavy atom. The summed E-state index contributed by atoms with van der Waals surface area (Å²) in [5.74, 6) is -5.81. The van der Waals surface area contributed by atoms with E-state index in [1.165, 1.54) is 25.7 Å². The number of aliphatic carboxylic acids is 2. The monoisotopic (exact) mass is 588 g/mol. The molecule has 0 heterocycles. The molecule has 0 saturated carbocycles. The average molecular weight is 589 g/mol. The molecule has 0 fully saturated rings. The molecule has 0 spiro atoms. The maximum Gasteiger partial charge on any atom is 0.318 e. The van der Waals surface area contributed by atoms with E-state index >= 15 is 0 Å². The molecule has 0 radical (unpaired) electrons. The number of unbranched alkanes of at least 4 members (excludes halogenated alkanes) is 7. The SMILES string of the molecule is CCCCCCCCCCC(=O)OC(C[N+](C)(C)C)C(C(=O)O)C(=O)CCCC(=O)OC(CC(=O)O)C[N+](C)(C)C. The molecule has 0 aromatic carbocycles. The van der Waals surface area contributed by atoms with E-state index in [2.05, 4.69) is 6.92 Å². The number of carboxylic acid groups (broad SMARTS) is 2. The molecule has 3 unspecified atom stereocenters. The molecule has 0 aromatic rings. The minimum absolute atomic E-state index is 0.0366. The lowest BCUT2D eigenvalue weighted by Crippen LogP contribution is -2.49. The van der Waals surface area contributed by atoms with Gasteiger partial charge in [-0.1, -0.05) is 51.9 Å². The van der Waals surface area contributed by atoms with Crippen molar-refractivity contribution in [1.29, 1.82) is 0 Å². The Labute approximate surface area is 246 Å². The molecule has 3 atom stereocenters. The summed E-state index contributed by atoms with van der Waals surface area (Å²) < 4.78 is 11.6. The zero-order valence-electron chi connectivity index (χ0n) is 26.5. The lowest BCUT2D eigenvalue weighted by Gasteiger charge is -2.31. The van der Waals surface area contributed by atoms with Gasteiger partial charge in [0.1, 0.15) is 13.1 Å². The van der Waals surface area contributed by atoms with E-state index in [0.717, 1.165) is 19.3 Å². The van der Waals surface area contributed by atoms with E-state index in [1.807, 2.05) is 42.3 Å². The number of rotatable bonds is 24. The number of hydrogen-bond acceptors (Lipinski definition) is 7. The summed E-state index contributed by atoms with van der Waals surface area (Å²) in [4.78, 5) is 61.3. The van der Waals surface area contributed by atoms with Crippen LogP contribution in [0.15, 0.2) is 0 Å². The van der Waals surface area contributed by atoms with Gasteiger partial charge >= 0.3 is 23.9 Å². The van der Waals surface area contributed by atoms with Crippen molar-refractivity contribution in [1.82, 2.24) is 0 Å². The summed E-state index contributed by atoms with van der Waals surface area (Å²) in [5, 5.41) is 19.0. The Kier molecular flexibility index (Phi) is 18.4. The van der Waals surface area contributed by atoms with Crippen LogP contribution in [0.25, 0.3) is 0 Å². The summed E-state index contributed by atoms with van der Waals surface area (Å²) in [6.07, 6.45) is 6.05. The fourth-order valence-corrected chi connectivity index (χ4v) is 4.64. The first-order valence-corrected chi connectivity index (χ1v) is 14.9. The van der Waals surface area contributed by atoms with E-state index < -0.39 is 47.8 Å². The van der Waals surface area contributed by atoms with Crippen molar-refractivity contribution in [3.05, 3.63) is 0 Å². The molecule has 0 saturated heterocycles. The maximum atomic E-state index is 13.0. The van der Waals surface area contributed by atoms with Crippen LogP contribution in [-0.2, 0) is 33.4 Å². The molecular formula is C30H56N2O9+2. The zero-order valence-corrected chi connectivity index (χ0v) is 26.5. The number of carbonyl (C=O) groups excluding carboxylic acids is 3. The lowest BCUT2D eigenvalue weighted by molar-refractivity contribution is -0.873. The van der Waals surface area contributed by atoms with Gasteiger partial charge in [0.2, 0.25) is 0 Å². The van der Waals surface area contributed by atoms with Gasteiger partial charge < -0.3 is 28.7 Å². The Morgan fingerprint density at radius 3 is 1.61 bits per heavy atom. The minimum atomic E-state index is -1.55. The third-order valence-electron chi connectivity index (χ3n) is 6.49. The normalized spacial score (nSPS) is 14.1. The molecule has 0 aliphatic carbocycles. The number of hydrogen-bond donors (Lipinski definition) is 2. The summed E-state index contributed by atoms with van der Waals surface area (Å²) >= 11 is 0. The number of ketones is 1. The second kappa shape index (κ2) is 19.6. The maximum absolute atomic E-state index is 13.0. The van der Waals surface area contributed by atoms with Crippen molar-refractivity contribution in [3.8, 4) is 0 Å². The average Bonchev–Trinajstić information content (AvgIpc) is 2.77. The van der Waals surface area contributed by atoms with Crippen LogP contribution < -0.4 is 0 Å². The topological polar surface area (TPSA) is 144 Å². The standard InChI is InChI=1S/C30H54N2O9/c1-8-9-10-11-12-13-14-15-18-28(37)41-25(22-32(5,6)7)29(30(38)39)24(33)17-16-19-27(36)40-23(20-26(34)35)21-31(2,3)4/h23,25,29H,8-22H2,1-7H3/p+2. The minimum Gasteiger partial charge on any atom is -0.481 e. The molecule has 11 heteroatoms. The van der Waals surface area contributed by atoms with E-state index in [9.17, 15) is 29.1 Å². The van der Waals surface area contributed by atoms with Crippen LogP contribution in [0.5, 0.6) is 0 Å². The summed E-state index contributed by atoms with van der Waals surface area (Å²) in [5.41, 5.74) is 0. The van der Waals surface area contributed by atoms with Gasteiger partial charge in [0.25, 0.3) is 0 Å². The highest BCUT2D eigenvalue weighted by molar-refractivity contribution is 5.99. The molecule has 0 amide bonds. The molecule has 0 aromatic heterocycles. The lowest BCUT2D eigenvalue weighted by atomic mass is 9.93. The Morgan fingerprint density at radius 2 is 1.12 bits per heavy atom. The van der Waals surface area contributed by atoms with Gasteiger partial charge in [-0.05, 0) is 12.8 Å². The highest BCUT2D eigenvalue weighted by Crippen LogP contribution is 2.19. The van der Waals surface area contributed by atoms with Crippen LogP contribution in [0, 0.1) is 5.92 Å². The van der Waals surface area contributed by atoms with Gasteiger partial charge in [0.05, 0.1) is 48.7 Å². The van der Waals surface area contributed by atoms with Crippen molar-refractivity contribution in [2.75, 3.05) is 55.4 Å². The predicted octanol–water partition coefficient (Wildman–Crippen LogP) is 3.67. The summed E-state index contributed by atoms with van der Waals surface area (Å²) in [6.45, 7) is 2.61. The van der Waals surface area contributed by atoms with Gasteiger partial charge in [0.15, 0.2) is 23.9 Å². The van der Waals surface area contributed by atoms with Crippen molar-refractivity contribution >= 4 is 29.7 Å². The van der Waals surface area contributed by atoms with Gasteiger partial charge in [0, 0.05) is 19.3 Å². The van der Waals surface area contributed by atoms with Crippen LogP contribution in [0.1, 0.15) is 90.4 Å². The van der Waals surface area contributed by atoms with Gasteiger partial charge in [-0.15, -0.1) is 0 Å². The van der Waals surface area contributed by atoms with Gasteiger partial charge in [-0.3, -0.25) is 24.0 Å². The quantitative estimate of drug-likeness (QED) is 0.0747. The number of carbonyl (C=O) groups is 5. The highest BCUT2D eigenvalue weighted by atomic mass is 16.6. The number of quaternary nitrogens is 2. The first-order chi connectivity index (χ1) is 18.9. The summed E-state index contributed by atoms with van der Waals surface area (Å²) in [7, 11) is 11.0. The van der Waals surface area contributed by atoms with Crippen molar-refractivity contribution < 1.29 is 52.6 Å². The van der Waals surface area contributed by atoms with Crippen LogP contribution in [0.2, 0.25) is 0 Å². The smallest absolute Gasteiger partial charge is 0.318 e. The summed E-state index contributed by atoms with van der Waals surface area (Å²) in [6, 6.07) is 0. The van der Waals surface area contributed by atoms with Crippen molar-refractivity contribution in [3.63, 3.8) is 0 Å². The Hall–Kier alpha value is -2.53. The van der Waals surface area contributed by atoms with Gasteiger partial charge in [-0.2, -0.15) is 0 Å². The molecular weight excluding hydrogens is 532 g/mol. The van der Waals surface area contributed by atoms with Crippen LogP contribution in [0.4, 0.5) is 0 Å². The number of esters is 2. The Balaban J connectivity index is 5.06. The predicted molar refractivity (Wildman–Crippen MR) is 155 cm³/mol. The fourth-order valence-electron chi connectivity index (χ4n) is 4.64. The molecule has 41 heavy (non-hydrogen) atoms. The number of likely N-dealkylation sites (N-methyl/N-ethyl adjacent to an activating group) is 2. The van der Waals surface area contributed by atoms with Crippen molar-refractivity contribution in [2.45, 2.75) is 103 Å². The zero-order chi connectivity index (χ0) is 31.6. The first-order valence-electron chi connectivity index (χ1n) is 14.9. The highest BCUT2D eigenvalue weighted by Gasteiger charge is 2.40. The van der Waals surface area contributed by atoms with E-state index in [0.29, 0.717) is 17.4 Å². The molecule has 0 bridgehead atoms. The van der Waals surface area contributed by atoms with Crippen molar-refractivity contribution in [2.24, 2.45) is 5.92 Å². The third-order valence-corrected chi connectivity index (χ3v) is 6.49. The number of ether oxygens (including phenoxy) is 2. The Bertz CT molecular complexity index is 831. The van der Waals surface area contributed by atoms with Gasteiger partial charge in [-0.25, -0.2) is 0 Å². The fraction of sp³-hybridized carbons (Fsp3) is 0.833. The molecule has 238 valence electrons.